The zero-order valence-corrected chi connectivity index (χ0v) is 17.4. The number of carbonyl (C=O) groups excluding carboxylic acids is 2. The van der Waals surface area contributed by atoms with Crippen LogP contribution in [0.2, 0.25) is 0 Å². The van der Waals surface area contributed by atoms with Gasteiger partial charge in [-0.2, -0.15) is 0 Å². The van der Waals surface area contributed by atoms with Gasteiger partial charge in [0.05, 0.1) is 6.04 Å². The normalized spacial score (nSPS) is 11.9. The zero-order valence-electron chi connectivity index (χ0n) is 17.4. The number of amides is 1. The predicted octanol–water partition coefficient (Wildman–Crippen LogP) is 4.28. The van der Waals surface area contributed by atoms with E-state index >= 15 is 0 Å². The minimum Gasteiger partial charge on any atom is -0.360 e. The van der Waals surface area contributed by atoms with E-state index in [0.717, 1.165) is 28.5 Å². The lowest BCUT2D eigenvalue weighted by Crippen LogP contribution is -2.30. The topological polar surface area (TPSA) is 74.0 Å². The van der Waals surface area contributed by atoms with Crippen LogP contribution in [0.3, 0.4) is 0 Å². The zero-order chi connectivity index (χ0) is 21.6. The van der Waals surface area contributed by atoms with Crippen molar-refractivity contribution < 1.29 is 9.59 Å². The Morgan fingerprint density at radius 1 is 0.903 bits per heavy atom. The predicted molar refractivity (Wildman–Crippen MR) is 123 cm³/mol. The number of aromatic amines is 1. The van der Waals surface area contributed by atoms with Crippen molar-refractivity contribution in [2.75, 3.05) is 13.6 Å². The number of rotatable bonds is 8. The van der Waals surface area contributed by atoms with Crippen molar-refractivity contribution in [3.05, 3.63) is 107 Å². The van der Waals surface area contributed by atoms with E-state index in [1.165, 1.54) is 0 Å². The number of H-pyrrole nitrogens is 1. The summed E-state index contributed by atoms with van der Waals surface area (Å²) in [5.74, 6) is -0.0586. The fraction of sp³-hybridized carbons (Fsp3) is 0.154. The van der Waals surface area contributed by atoms with Crippen LogP contribution < -0.4 is 10.6 Å². The first-order valence-corrected chi connectivity index (χ1v) is 10.4. The smallest absolute Gasteiger partial charge is 0.251 e. The van der Waals surface area contributed by atoms with Crippen LogP contribution >= 0.6 is 0 Å². The standard InChI is InChI=1S/C26H25N3O2/c1-27-26(31)20-13-11-18(12-14-20)15-16-28-24(19-7-3-2-4-8-19)25(30)22-17-29-23-10-6-5-9-21(22)23/h2-14,17,24,28-29H,15-16H2,1H3,(H,27,31)/t24-/m0/s1. The molecule has 31 heavy (non-hydrogen) atoms. The van der Waals surface area contributed by atoms with Crippen molar-refractivity contribution in [2.24, 2.45) is 0 Å². The second-order valence-electron chi connectivity index (χ2n) is 7.44. The third-order valence-electron chi connectivity index (χ3n) is 5.46. The van der Waals surface area contributed by atoms with Crippen molar-refractivity contribution in [1.29, 1.82) is 0 Å². The fourth-order valence-corrected chi connectivity index (χ4v) is 3.77. The molecule has 0 aliphatic heterocycles. The number of fused-ring (bicyclic) bond motifs is 1. The van der Waals surface area contributed by atoms with Crippen LogP contribution in [-0.2, 0) is 6.42 Å². The lowest BCUT2D eigenvalue weighted by molar-refractivity contribution is 0.0941. The van der Waals surface area contributed by atoms with Crippen LogP contribution in [-0.4, -0.2) is 30.3 Å². The molecule has 0 fully saturated rings. The molecule has 5 nitrogen and oxygen atoms in total. The average molecular weight is 412 g/mol. The molecule has 0 aliphatic rings. The second kappa shape index (κ2) is 9.41. The quantitative estimate of drug-likeness (QED) is 0.379. The number of hydrogen-bond acceptors (Lipinski definition) is 3. The van der Waals surface area contributed by atoms with E-state index in [-0.39, 0.29) is 11.7 Å². The monoisotopic (exact) mass is 411 g/mol. The molecule has 0 radical (unpaired) electrons. The minimum absolute atomic E-state index is 0.0404. The van der Waals surface area contributed by atoms with Crippen molar-refractivity contribution in [3.8, 4) is 0 Å². The van der Waals surface area contributed by atoms with Crippen LogP contribution in [0.15, 0.2) is 85.1 Å². The number of nitrogens with one attached hydrogen (secondary N) is 3. The molecule has 0 unspecified atom stereocenters. The Labute approximate surface area is 181 Å². The van der Waals surface area contributed by atoms with Gasteiger partial charge in [-0.15, -0.1) is 0 Å². The van der Waals surface area contributed by atoms with Gasteiger partial charge in [0.2, 0.25) is 0 Å². The summed E-state index contributed by atoms with van der Waals surface area (Å²) in [5.41, 5.74) is 4.32. The Morgan fingerprint density at radius 2 is 1.61 bits per heavy atom. The highest BCUT2D eigenvalue weighted by Gasteiger charge is 2.23. The molecule has 4 aromatic rings. The van der Waals surface area contributed by atoms with E-state index in [2.05, 4.69) is 15.6 Å². The maximum atomic E-state index is 13.5. The Balaban J connectivity index is 1.51. The van der Waals surface area contributed by atoms with Gasteiger partial charge in [-0.3, -0.25) is 9.59 Å². The molecule has 156 valence electrons. The molecule has 1 aromatic heterocycles. The Bertz CT molecular complexity index is 1180. The first-order chi connectivity index (χ1) is 15.2. The highest BCUT2D eigenvalue weighted by molar-refractivity contribution is 6.10. The molecule has 1 amide bonds. The summed E-state index contributed by atoms with van der Waals surface area (Å²) in [6.07, 6.45) is 2.54. The van der Waals surface area contributed by atoms with Crippen LogP contribution in [0.4, 0.5) is 0 Å². The van der Waals surface area contributed by atoms with E-state index in [0.29, 0.717) is 17.7 Å². The fourth-order valence-electron chi connectivity index (χ4n) is 3.77. The van der Waals surface area contributed by atoms with E-state index in [4.69, 9.17) is 0 Å². The van der Waals surface area contributed by atoms with Crippen molar-refractivity contribution >= 4 is 22.6 Å². The molecule has 0 saturated heterocycles. The Kier molecular flexibility index (Phi) is 6.24. The maximum Gasteiger partial charge on any atom is 0.251 e. The van der Waals surface area contributed by atoms with Gasteiger partial charge in [0.15, 0.2) is 5.78 Å². The van der Waals surface area contributed by atoms with Crippen LogP contribution in [0.1, 0.15) is 37.9 Å². The lowest BCUT2D eigenvalue weighted by Gasteiger charge is -2.18. The number of hydrogen-bond donors (Lipinski definition) is 3. The number of aromatic nitrogens is 1. The number of para-hydroxylation sites is 1. The Morgan fingerprint density at radius 3 is 2.35 bits per heavy atom. The molecular formula is C26H25N3O2. The summed E-state index contributed by atoms with van der Waals surface area (Å²) < 4.78 is 0. The molecule has 0 spiro atoms. The molecule has 5 heteroatoms. The third kappa shape index (κ3) is 4.57. The summed E-state index contributed by atoms with van der Waals surface area (Å²) in [6, 6.07) is 24.7. The largest absolute Gasteiger partial charge is 0.360 e. The first kappa shape index (κ1) is 20.6. The number of benzene rings is 3. The maximum absolute atomic E-state index is 13.5. The summed E-state index contributed by atoms with van der Waals surface area (Å²) in [6.45, 7) is 0.632. The van der Waals surface area contributed by atoms with E-state index in [1.54, 1.807) is 13.2 Å². The SMILES string of the molecule is CNC(=O)c1ccc(CCN[C@H](C(=O)c2c[nH]c3ccccc23)c2ccccc2)cc1. The highest BCUT2D eigenvalue weighted by Crippen LogP contribution is 2.24. The lowest BCUT2D eigenvalue weighted by atomic mass is 9.96. The van der Waals surface area contributed by atoms with Crippen molar-refractivity contribution in [3.63, 3.8) is 0 Å². The molecule has 3 N–H and O–H groups in total. The van der Waals surface area contributed by atoms with Crippen LogP contribution in [0, 0.1) is 0 Å². The summed E-state index contributed by atoms with van der Waals surface area (Å²) >= 11 is 0. The summed E-state index contributed by atoms with van der Waals surface area (Å²) in [4.78, 5) is 28.4. The molecule has 4 rings (SSSR count). The Hall–Kier alpha value is -3.70. The van der Waals surface area contributed by atoms with Crippen molar-refractivity contribution in [1.82, 2.24) is 15.6 Å². The van der Waals surface area contributed by atoms with Crippen molar-refractivity contribution in [2.45, 2.75) is 12.5 Å². The number of carbonyl (C=O) groups is 2. The molecule has 1 heterocycles. The third-order valence-corrected chi connectivity index (χ3v) is 5.46. The van der Waals surface area contributed by atoms with E-state index in [1.807, 2.05) is 78.9 Å². The van der Waals surface area contributed by atoms with Gasteiger partial charge in [-0.25, -0.2) is 0 Å². The summed E-state index contributed by atoms with van der Waals surface area (Å²) in [5, 5.41) is 7.00. The average Bonchev–Trinajstić information content (AvgIpc) is 3.26. The second-order valence-corrected chi connectivity index (χ2v) is 7.44. The van der Waals surface area contributed by atoms with Gasteiger partial charge in [0, 0.05) is 41.8 Å². The number of Topliss-reactive ketones (excluding diaryl/α,β-unsaturated/α-hetero) is 1. The van der Waals surface area contributed by atoms with Crippen LogP contribution in [0.25, 0.3) is 10.9 Å². The van der Waals surface area contributed by atoms with E-state index < -0.39 is 6.04 Å². The first-order valence-electron chi connectivity index (χ1n) is 10.4. The highest BCUT2D eigenvalue weighted by atomic mass is 16.1. The number of ketones is 1. The molecule has 0 saturated carbocycles. The minimum atomic E-state index is -0.439. The molecule has 0 aliphatic carbocycles. The molecular weight excluding hydrogens is 386 g/mol. The van der Waals surface area contributed by atoms with Gasteiger partial charge in [-0.1, -0.05) is 60.7 Å². The van der Waals surface area contributed by atoms with Gasteiger partial charge < -0.3 is 15.6 Å². The van der Waals surface area contributed by atoms with Gasteiger partial charge >= 0.3 is 0 Å². The van der Waals surface area contributed by atoms with Crippen LogP contribution in [0.5, 0.6) is 0 Å². The molecule has 0 bridgehead atoms. The van der Waals surface area contributed by atoms with Gasteiger partial charge in [0.1, 0.15) is 0 Å². The van der Waals surface area contributed by atoms with Gasteiger partial charge in [0.25, 0.3) is 5.91 Å². The van der Waals surface area contributed by atoms with E-state index in [9.17, 15) is 9.59 Å². The molecule has 3 aromatic carbocycles. The van der Waals surface area contributed by atoms with Gasteiger partial charge in [-0.05, 0) is 35.7 Å². The molecule has 1 atom stereocenters. The summed E-state index contributed by atoms with van der Waals surface area (Å²) in [7, 11) is 1.62.